The van der Waals surface area contributed by atoms with E-state index in [2.05, 4.69) is 10.3 Å². The minimum absolute atomic E-state index is 0.0000491. The fourth-order valence-electron chi connectivity index (χ4n) is 1.51. The average molecular weight is 244 g/mol. The molecule has 0 aliphatic carbocycles. The van der Waals surface area contributed by atoms with Crippen molar-refractivity contribution >= 4 is 11.7 Å². The number of amides is 1. The van der Waals surface area contributed by atoms with E-state index in [0.717, 1.165) is 5.56 Å². The Morgan fingerprint density at radius 1 is 1.22 bits per heavy atom. The van der Waals surface area contributed by atoms with Gasteiger partial charge in [-0.1, -0.05) is 12.1 Å². The van der Waals surface area contributed by atoms with Crippen LogP contribution in [0.3, 0.4) is 0 Å². The van der Waals surface area contributed by atoms with Crippen molar-refractivity contribution in [3.05, 3.63) is 47.7 Å². The molecule has 1 heterocycles. The number of aromatic nitrogens is 1. The summed E-state index contributed by atoms with van der Waals surface area (Å²) in [5.74, 6) is -0.876. The number of carbonyl (C=O) groups excluding carboxylic acids is 1. The van der Waals surface area contributed by atoms with Crippen LogP contribution in [-0.4, -0.2) is 21.1 Å². The average Bonchev–Trinajstić information content (AvgIpc) is 2.35. The largest absolute Gasteiger partial charge is 0.504 e. The smallest absolute Gasteiger partial charge is 0.260 e. The lowest BCUT2D eigenvalue weighted by molar-refractivity contribution is 0.102. The molecule has 0 saturated heterocycles. The summed E-state index contributed by atoms with van der Waals surface area (Å²) in [6.07, 6.45) is 1.56. The molecule has 0 bridgehead atoms. The van der Waals surface area contributed by atoms with E-state index in [0.29, 0.717) is 5.82 Å². The molecule has 3 N–H and O–H groups in total. The first-order valence-corrected chi connectivity index (χ1v) is 5.33. The van der Waals surface area contributed by atoms with Gasteiger partial charge in [0.05, 0.1) is 5.56 Å². The molecule has 0 fully saturated rings. The molecule has 0 radical (unpaired) electrons. The molecule has 18 heavy (non-hydrogen) atoms. The first-order valence-electron chi connectivity index (χ1n) is 5.33. The molecule has 0 spiro atoms. The quantitative estimate of drug-likeness (QED) is 0.706. The lowest BCUT2D eigenvalue weighted by Crippen LogP contribution is -2.14. The van der Waals surface area contributed by atoms with Gasteiger partial charge in [0.2, 0.25) is 0 Å². The normalized spacial score (nSPS) is 10.1. The third-order valence-corrected chi connectivity index (χ3v) is 2.50. The van der Waals surface area contributed by atoms with Crippen LogP contribution in [0.15, 0.2) is 36.5 Å². The summed E-state index contributed by atoms with van der Waals surface area (Å²) in [7, 11) is 0. The van der Waals surface area contributed by atoms with Gasteiger partial charge in [-0.3, -0.25) is 4.79 Å². The standard InChI is InChI=1S/C13H12N2O3/c1-8-4-3-7-14-12(8)15-13(18)9-5-2-6-10(16)11(9)17/h2-7,16-17H,1H3,(H,14,15,18). The zero-order valence-electron chi connectivity index (χ0n) is 9.71. The van der Waals surface area contributed by atoms with Crippen molar-refractivity contribution in [1.82, 2.24) is 4.98 Å². The highest BCUT2D eigenvalue weighted by Gasteiger charge is 2.14. The molecular formula is C13H12N2O3. The zero-order chi connectivity index (χ0) is 13.1. The Bertz CT molecular complexity index is 597. The number of benzene rings is 1. The maximum absolute atomic E-state index is 11.9. The summed E-state index contributed by atoms with van der Waals surface area (Å²) in [5, 5.41) is 21.5. The monoisotopic (exact) mass is 244 g/mol. The van der Waals surface area contributed by atoms with Crippen LogP contribution in [0.4, 0.5) is 5.82 Å². The number of phenols is 2. The second-order valence-corrected chi connectivity index (χ2v) is 3.80. The highest BCUT2D eigenvalue weighted by molar-refractivity contribution is 6.06. The molecule has 0 unspecified atom stereocenters. The van der Waals surface area contributed by atoms with Crippen molar-refractivity contribution in [2.45, 2.75) is 6.92 Å². The zero-order valence-corrected chi connectivity index (χ0v) is 9.71. The molecule has 1 aromatic heterocycles. The molecule has 1 aromatic carbocycles. The summed E-state index contributed by atoms with van der Waals surface area (Å²) < 4.78 is 0. The molecule has 92 valence electrons. The van der Waals surface area contributed by atoms with E-state index in [1.165, 1.54) is 18.2 Å². The maximum Gasteiger partial charge on any atom is 0.260 e. The summed E-state index contributed by atoms with van der Waals surface area (Å²) >= 11 is 0. The number of phenolic OH excluding ortho intramolecular Hbond substituents is 2. The molecule has 5 heteroatoms. The highest BCUT2D eigenvalue weighted by Crippen LogP contribution is 2.28. The van der Waals surface area contributed by atoms with Gasteiger partial charge in [0.25, 0.3) is 5.91 Å². The fourth-order valence-corrected chi connectivity index (χ4v) is 1.51. The van der Waals surface area contributed by atoms with E-state index < -0.39 is 11.7 Å². The fraction of sp³-hybridized carbons (Fsp3) is 0.0769. The molecule has 0 aliphatic rings. The van der Waals surface area contributed by atoms with Crippen LogP contribution in [-0.2, 0) is 0 Å². The van der Waals surface area contributed by atoms with Gasteiger partial charge in [0, 0.05) is 6.20 Å². The number of anilines is 1. The Morgan fingerprint density at radius 2 is 2.00 bits per heavy atom. The molecule has 0 atom stereocenters. The van der Waals surface area contributed by atoms with Crippen molar-refractivity contribution in [2.24, 2.45) is 0 Å². The van der Waals surface area contributed by atoms with Gasteiger partial charge in [-0.2, -0.15) is 0 Å². The number of aryl methyl sites for hydroxylation is 1. The number of para-hydroxylation sites is 1. The van der Waals surface area contributed by atoms with Crippen molar-refractivity contribution in [3.8, 4) is 11.5 Å². The topological polar surface area (TPSA) is 82.5 Å². The molecular weight excluding hydrogens is 232 g/mol. The Balaban J connectivity index is 2.28. The Hall–Kier alpha value is -2.56. The summed E-state index contributed by atoms with van der Waals surface area (Å²) in [6.45, 7) is 1.81. The number of rotatable bonds is 2. The van der Waals surface area contributed by atoms with Crippen molar-refractivity contribution in [1.29, 1.82) is 0 Å². The SMILES string of the molecule is Cc1cccnc1NC(=O)c1cccc(O)c1O. The Labute approximate surface area is 104 Å². The highest BCUT2D eigenvalue weighted by atomic mass is 16.3. The van der Waals surface area contributed by atoms with Crippen LogP contribution in [0.1, 0.15) is 15.9 Å². The number of aromatic hydroxyl groups is 2. The van der Waals surface area contributed by atoms with Gasteiger partial charge in [0.15, 0.2) is 11.5 Å². The van der Waals surface area contributed by atoms with Gasteiger partial charge in [0.1, 0.15) is 5.82 Å². The third-order valence-electron chi connectivity index (χ3n) is 2.50. The van der Waals surface area contributed by atoms with E-state index >= 15 is 0 Å². The van der Waals surface area contributed by atoms with E-state index in [1.807, 2.05) is 13.0 Å². The van der Waals surface area contributed by atoms with Crippen molar-refractivity contribution < 1.29 is 15.0 Å². The number of pyridine rings is 1. The van der Waals surface area contributed by atoms with E-state index in [4.69, 9.17) is 0 Å². The second kappa shape index (κ2) is 4.75. The van der Waals surface area contributed by atoms with Crippen LogP contribution < -0.4 is 5.32 Å². The first kappa shape index (κ1) is 11.9. The Morgan fingerprint density at radius 3 is 2.72 bits per heavy atom. The number of nitrogens with one attached hydrogen (secondary N) is 1. The van der Waals surface area contributed by atoms with Gasteiger partial charge < -0.3 is 15.5 Å². The predicted molar refractivity (Wildman–Crippen MR) is 66.7 cm³/mol. The predicted octanol–water partition coefficient (Wildman–Crippen LogP) is 2.05. The maximum atomic E-state index is 11.9. The van der Waals surface area contributed by atoms with Gasteiger partial charge >= 0.3 is 0 Å². The van der Waals surface area contributed by atoms with E-state index in [1.54, 1.807) is 12.3 Å². The van der Waals surface area contributed by atoms with E-state index in [9.17, 15) is 15.0 Å². The van der Waals surface area contributed by atoms with Crippen LogP contribution in [0.5, 0.6) is 11.5 Å². The van der Waals surface area contributed by atoms with Crippen LogP contribution in [0, 0.1) is 6.92 Å². The molecule has 2 rings (SSSR count). The molecule has 2 aromatic rings. The first-order chi connectivity index (χ1) is 8.59. The minimum atomic E-state index is -0.523. The van der Waals surface area contributed by atoms with Crippen LogP contribution in [0.25, 0.3) is 0 Å². The van der Waals surface area contributed by atoms with Gasteiger partial charge in [-0.15, -0.1) is 0 Å². The number of hydrogen-bond donors (Lipinski definition) is 3. The molecule has 0 saturated carbocycles. The summed E-state index contributed by atoms with van der Waals surface area (Å²) in [5.41, 5.74) is 0.811. The van der Waals surface area contributed by atoms with Crippen LogP contribution in [0.2, 0.25) is 0 Å². The van der Waals surface area contributed by atoms with Gasteiger partial charge in [-0.05, 0) is 30.7 Å². The minimum Gasteiger partial charge on any atom is -0.504 e. The molecule has 0 aliphatic heterocycles. The van der Waals surface area contributed by atoms with Crippen molar-refractivity contribution in [3.63, 3.8) is 0 Å². The van der Waals surface area contributed by atoms with Crippen LogP contribution >= 0.6 is 0 Å². The van der Waals surface area contributed by atoms with E-state index in [-0.39, 0.29) is 11.3 Å². The number of hydrogen-bond acceptors (Lipinski definition) is 4. The number of carbonyl (C=O) groups is 1. The molecule has 1 amide bonds. The number of nitrogens with zero attached hydrogens (tertiary/aromatic N) is 1. The second-order valence-electron chi connectivity index (χ2n) is 3.80. The van der Waals surface area contributed by atoms with Gasteiger partial charge in [-0.25, -0.2) is 4.98 Å². The summed E-state index contributed by atoms with van der Waals surface area (Å²) in [4.78, 5) is 15.9. The lowest BCUT2D eigenvalue weighted by Gasteiger charge is -2.08. The summed E-state index contributed by atoms with van der Waals surface area (Å²) in [6, 6.07) is 7.78. The third kappa shape index (κ3) is 2.24. The Kier molecular flexibility index (Phi) is 3.14. The van der Waals surface area contributed by atoms with Crippen molar-refractivity contribution in [2.75, 3.05) is 5.32 Å². The lowest BCUT2D eigenvalue weighted by atomic mass is 10.1. The molecule has 5 nitrogen and oxygen atoms in total.